The fraction of sp³-hybridized carbons (Fsp3) is 0.333. The molecule has 0 aliphatic carbocycles. The molecule has 126 valence electrons. The summed E-state index contributed by atoms with van der Waals surface area (Å²) in [5.74, 6) is 2.43. The second-order valence-electron chi connectivity index (χ2n) is 5.29. The lowest BCUT2D eigenvalue weighted by Gasteiger charge is -2.11. The molecule has 2 rings (SSSR count). The molecule has 0 atom stereocenters. The molecular weight excluding hydrogens is 312 g/mol. The minimum atomic E-state index is 0. The molecule has 1 N–H and O–H groups in total. The number of nitrogens with one attached hydrogen (secondary N) is 1. The van der Waals surface area contributed by atoms with E-state index in [1.165, 1.54) is 0 Å². The summed E-state index contributed by atoms with van der Waals surface area (Å²) in [6.45, 7) is 3.47. The summed E-state index contributed by atoms with van der Waals surface area (Å²) in [4.78, 5) is 2.15. The Morgan fingerprint density at radius 1 is 0.870 bits per heavy atom. The first kappa shape index (κ1) is 19.3. The molecule has 0 saturated heterocycles. The van der Waals surface area contributed by atoms with Gasteiger partial charge >= 0.3 is 0 Å². The summed E-state index contributed by atoms with van der Waals surface area (Å²) in [5.41, 5.74) is 0. The summed E-state index contributed by atoms with van der Waals surface area (Å²) in [5, 5.41) is 3.34. The van der Waals surface area contributed by atoms with E-state index < -0.39 is 0 Å². The van der Waals surface area contributed by atoms with E-state index in [0.717, 1.165) is 36.9 Å². The van der Waals surface area contributed by atoms with Crippen molar-refractivity contribution in [3.05, 3.63) is 54.6 Å². The molecule has 0 aliphatic heterocycles. The van der Waals surface area contributed by atoms with Crippen molar-refractivity contribution in [2.75, 3.05) is 40.3 Å². The molecule has 0 saturated carbocycles. The minimum absolute atomic E-state index is 0. The summed E-state index contributed by atoms with van der Waals surface area (Å²) >= 11 is 0. The van der Waals surface area contributed by atoms with E-state index in [9.17, 15) is 0 Å². The molecule has 23 heavy (non-hydrogen) atoms. The lowest BCUT2D eigenvalue weighted by Crippen LogP contribution is -2.29. The smallest absolute Gasteiger partial charge is 0.131 e. The molecule has 0 bridgehead atoms. The van der Waals surface area contributed by atoms with E-state index in [-0.39, 0.29) is 12.4 Å². The Balaban J connectivity index is 0.00000264. The van der Waals surface area contributed by atoms with Crippen LogP contribution in [0.3, 0.4) is 0 Å². The van der Waals surface area contributed by atoms with Crippen LogP contribution in [0, 0.1) is 0 Å². The summed E-state index contributed by atoms with van der Waals surface area (Å²) in [7, 11) is 4.13. The third-order valence-electron chi connectivity index (χ3n) is 3.07. The highest BCUT2D eigenvalue weighted by Crippen LogP contribution is 2.24. The van der Waals surface area contributed by atoms with Crippen molar-refractivity contribution >= 4 is 12.4 Å². The van der Waals surface area contributed by atoms with Crippen LogP contribution in [-0.4, -0.2) is 45.2 Å². The highest BCUT2D eigenvalue weighted by molar-refractivity contribution is 5.85. The van der Waals surface area contributed by atoms with Crippen molar-refractivity contribution in [1.82, 2.24) is 10.2 Å². The minimum Gasteiger partial charge on any atom is -0.492 e. The highest BCUT2D eigenvalue weighted by atomic mass is 35.5. The van der Waals surface area contributed by atoms with Crippen molar-refractivity contribution in [1.29, 1.82) is 0 Å². The van der Waals surface area contributed by atoms with Crippen LogP contribution < -0.4 is 14.8 Å². The Hall–Kier alpha value is -1.75. The van der Waals surface area contributed by atoms with Crippen LogP contribution in [0.1, 0.15) is 0 Å². The number of para-hydroxylation sites is 1. The first-order valence-electron chi connectivity index (χ1n) is 7.55. The number of likely N-dealkylation sites (N-methyl/N-ethyl adjacent to an activating group) is 1. The van der Waals surface area contributed by atoms with Gasteiger partial charge in [0.05, 0.1) is 0 Å². The van der Waals surface area contributed by atoms with Gasteiger partial charge in [0.2, 0.25) is 0 Å². The van der Waals surface area contributed by atoms with Gasteiger partial charge in [-0.3, -0.25) is 0 Å². The standard InChI is InChI=1S/C18H24N2O2.ClH/c1-20(2)13-11-19-12-14-21-17-9-6-10-18(15-17)22-16-7-4-3-5-8-16;/h3-10,15,19H,11-14H2,1-2H3;1H. The first-order valence-corrected chi connectivity index (χ1v) is 7.55. The Labute approximate surface area is 144 Å². The largest absolute Gasteiger partial charge is 0.492 e. The predicted octanol–water partition coefficient (Wildman–Crippen LogP) is 3.43. The molecule has 2 aromatic carbocycles. The molecule has 0 heterocycles. The van der Waals surface area contributed by atoms with Gasteiger partial charge in [-0.05, 0) is 38.4 Å². The topological polar surface area (TPSA) is 33.7 Å². The zero-order chi connectivity index (χ0) is 15.6. The Morgan fingerprint density at radius 3 is 2.30 bits per heavy atom. The van der Waals surface area contributed by atoms with Gasteiger partial charge in [0, 0.05) is 25.7 Å². The van der Waals surface area contributed by atoms with Gasteiger partial charge in [0.1, 0.15) is 23.9 Å². The van der Waals surface area contributed by atoms with Crippen LogP contribution in [0.2, 0.25) is 0 Å². The average Bonchev–Trinajstić information content (AvgIpc) is 2.52. The SMILES string of the molecule is CN(C)CCNCCOc1cccc(Oc2ccccc2)c1.Cl. The third-order valence-corrected chi connectivity index (χ3v) is 3.07. The number of ether oxygens (including phenoxy) is 2. The molecule has 2 aromatic rings. The van der Waals surface area contributed by atoms with Crippen molar-refractivity contribution in [3.8, 4) is 17.2 Å². The third kappa shape index (κ3) is 7.88. The molecule has 4 nitrogen and oxygen atoms in total. The molecule has 0 fully saturated rings. The zero-order valence-electron chi connectivity index (χ0n) is 13.7. The van der Waals surface area contributed by atoms with Crippen LogP contribution in [0.15, 0.2) is 54.6 Å². The van der Waals surface area contributed by atoms with E-state index in [1.807, 2.05) is 54.6 Å². The number of hydrogen-bond acceptors (Lipinski definition) is 4. The molecule has 0 radical (unpaired) electrons. The second kappa shape index (κ2) is 10.9. The maximum absolute atomic E-state index is 5.79. The monoisotopic (exact) mass is 336 g/mol. The maximum Gasteiger partial charge on any atom is 0.131 e. The van der Waals surface area contributed by atoms with Crippen LogP contribution in [0.25, 0.3) is 0 Å². The maximum atomic E-state index is 5.79. The number of nitrogens with zero attached hydrogens (tertiary/aromatic N) is 1. The van der Waals surface area contributed by atoms with E-state index in [1.54, 1.807) is 0 Å². The lowest BCUT2D eigenvalue weighted by atomic mass is 10.3. The normalized spacial score (nSPS) is 10.2. The first-order chi connectivity index (χ1) is 10.7. The van der Waals surface area contributed by atoms with Gasteiger partial charge < -0.3 is 19.7 Å². The Kier molecular flexibility index (Phi) is 9.14. The molecule has 0 amide bonds. The molecule has 0 unspecified atom stereocenters. The average molecular weight is 337 g/mol. The van der Waals surface area contributed by atoms with Gasteiger partial charge in [-0.15, -0.1) is 12.4 Å². The van der Waals surface area contributed by atoms with Crippen molar-refractivity contribution in [2.24, 2.45) is 0 Å². The summed E-state index contributed by atoms with van der Waals surface area (Å²) < 4.78 is 11.5. The lowest BCUT2D eigenvalue weighted by molar-refractivity contribution is 0.307. The highest BCUT2D eigenvalue weighted by Gasteiger charge is 1.99. The van der Waals surface area contributed by atoms with E-state index in [0.29, 0.717) is 6.61 Å². The van der Waals surface area contributed by atoms with E-state index >= 15 is 0 Å². The Morgan fingerprint density at radius 2 is 1.57 bits per heavy atom. The summed E-state index contributed by atoms with van der Waals surface area (Å²) in [6.07, 6.45) is 0. The van der Waals surface area contributed by atoms with Crippen LogP contribution >= 0.6 is 12.4 Å². The van der Waals surface area contributed by atoms with Gasteiger partial charge in [-0.1, -0.05) is 24.3 Å². The Bertz CT molecular complexity index is 550. The van der Waals surface area contributed by atoms with Crippen molar-refractivity contribution in [3.63, 3.8) is 0 Å². The number of hydrogen-bond donors (Lipinski definition) is 1. The molecule has 0 aliphatic rings. The quantitative estimate of drug-likeness (QED) is 0.711. The predicted molar refractivity (Wildman–Crippen MR) is 97.1 cm³/mol. The van der Waals surface area contributed by atoms with E-state index in [2.05, 4.69) is 24.3 Å². The van der Waals surface area contributed by atoms with E-state index in [4.69, 9.17) is 9.47 Å². The zero-order valence-corrected chi connectivity index (χ0v) is 14.5. The molecular formula is C18H25ClN2O2. The fourth-order valence-corrected chi connectivity index (χ4v) is 1.92. The summed E-state index contributed by atoms with van der Waals surface area (Å²) in [6, 6.07) is 17.5. The molecule has 5 heteroatoms. The van der Waals surface area contributed by atoms with Gasteiger partial charge in [-0.25, -0.2) is 0 Å². The second-order valence-corrected chi connectivity index (χ2v) is 5.29. The number of benzene rings is 2. The fourth-order valence-electron chi connectivity index (χ4n) is 1.92. The molecule has 0 aromatic heterocycles. The van der Waals surface area contributed by atoms with Gasteiger partial charge in [-0.2, -0.15) is 0 Å². The van der Waals surface area contributed by atoms with Gasteiger partial charge in [0.25, 0.3) is 0 Å². The van der Waals surface area contributed by atoms with Crippen LogP contribution in [0.5, 0.6) is 17.2 Å². The van der Waals surface area contributed by atoms with Crippen LogP contribution in [0.4, 0.5) is 0 Å². The molecule has 0 spiro atoms. The van der Waals surface area contributed by atoms with Crippen LogP contribution in [-0.2, 0) is 0 Å². The number of halogens is 1. The van der Waals surface area contributed by atoms with Gasteiger partial charge in [0.15, 0.2) is 0 Å². The van der Waals surface area contributed by atoms with Crippen molar-refractivity contribution < 1.29 is 9.47 Å². The van der Waals surface area contributed by atoms with Crippen molar-refractivity contribution in [2.45, 2.75) is 0 Å². The number of rotatable bonds is 9.